The summed E-state index contributed by atoms with van der Waals surface area (Å²) in [6.45, 7) is 2.50. The summed E-state index contributed by atoms with van der Waals surface area (Å²) in [5.74, 6) is 0.0236. The Morgan fingerprint density at radius 3 is 2.77 bits per heavy atom. The van der Waals surface area contributed by atoms with Crippen LogP contribution in [0.5, 0.6) is 5.75 Å². The molecule has 3 aromatic rings. The summed E-state index contributed by atoms with van der Waals surface area (Å²) in [5.41, 5.74) is 4.40. The predicted molar refractivity (Wildman–Crippen MR) is 104 cm³/mol. The van der Waals surface area contributed by atoms with E-state index in [2.05, 4.69) is 36.2 Å². The van der Waals surface area contributed by atoms with Crippen molar-refractivity contribution in [1.29, 1.82) is 0 Å². The van der Waals surface area contributed by atoms with Gasteiger partial charge in [-0.25, -0.2) is 4.98 Å². The van der Waals surface area contributed by atoms with Crippen molar-refractivity contribution in [3.05, 3.63) is 70.0 Å². The van der Waals surface area contributed by atoms with E-state index in [4.69, 9.17) is 9.84 Å². The Morgan fingerprint density at radius 2 is 2.00 bits per heavy atom. The van der Waals surface area contributed by atoms with Gasteiger partial charge in [0, 0.05) is 17.4 Å². The van der Waals surface area contributed by atoms with Crippen LogP contribution in [0.2, 0.25) is 0 Å². The van der Waals surface area contributed by atoms with E-state index in [1.807, 2.05) is 29.6 Å². The van der Waals surface area contributed by atoms with Gasteiger partial charge < -0.3 is 9.84 Å². The van der Waals surface area contributed by atoms with Crippen molar-refractivity contribution in [2.24, 2.45) is 0 Å². The Kier molecular flexibility index (Phi) is 6.02. The number of nitrogens with zero attached hydrogens (tertiary/aromatic N) is 1. The van der Waals surface area contributed by atoms with Gasteiger partial charge in [0.25, 0.3) is 0 Å². The predicted octanol–water partition coefficient (Wildman–Crippen LogP) is 5.10. The smallest absolute Gasteiger partial charge is 0.303 e. The minimum Gasteiger partial charge on any atom is -0.486 e. The van der Waals surface area contributed by atoms with Gasteiger partial charge in [-0.3, -0.25) is 4.79 Å². The van der Waals surface area contributed by atoms with Crippen LogP contribution in [-0.2, 0) is 17.8 Å². The number of aliphatic carboxylic acids is 1. The molecule has 3 rings (SSSR count). The second-order valence-electron chi connectivity index (χ2n) is 6.18. The fourth-order valence-electron chi connectivity index (χ4n) is 2.61. The zero-order valence-corrected chi connectivity index (χ0v) is 15.5. The normalized spacial score (nSPS) is 10.7. The van der Waals surface area contributed by atoms with Gasteiger partial charge in [0.05, 0.1) is 5.69 Å². The Bertz CT molecular complexity index is 871. The fraction of sp³-hybridized carbons (Fsp3) is 0.238. The van der Waals surface area contributed by atoms with E-state index in [0.717, 1.165) is 34.0 Å². The number of carboxylic acid groups (broad SMARTS) is 1. The number of aromatic nitrogens is 1. The topological polar surface area (TPSA) is 59.4 Å². The summed E-state index contributed by atoms with van der Waals surface area (Å²) in [6, 6.07) is 16.1. The number of hydrogen-bond acceptors (Lipinski definition) is 4. The third-order valence-corrected chi connectivity index (χ3v) is 4.84. The quantitative estimate of drug-likeness (QED) is 0.601. The molecule has 0 amide bonds. The van der Waals surface area contributed by atoms with Gasteiger partial charge in [0.1, 0.15) is 17.4 Å². The van der Waals surface area contributed by atoms with Gasteiger partial charge in [-0.2, -0.15) is 0 Å². The lowest BCUT2D eigenvalue weighted by atomic mass is 10.1. The Labute approximate surface area is 157 Å². The van der Waals surface area contributed by atoms with Crippen molar-refractivity contribution in [3.63, 3.8) is 0 Å². The van der Waals surface area contributed by atoms with Crippen molar-refractivity contribution in [2.45, 2.75) is 32.8 Å². The van der Waals surface area contributed by atoms with Crippen LogP contribution < -0.4 is 4.74 Å². The molecule has 1 heterocycles. The molecule has 1 N–H and O–H groups in total. The molecule has 0 bridgehead atoms. The average molecular weight is 367 g/mol. The van der Waals surface area contributed by atoms with E-state index in [1.165, 1.54) is 5.56 Å². The standard InChI is InChI=1S/C21H21NO3S/c1-15-8-10-17(11-9-15)19-14-26-20(22-19)13-25-18-6-2-4-16(12-18)5-3-7-21(23)24/h2,4,6,8-12,14H,3,5,7,13H2,1H3,(H,23,24). The summed E-state index contributed by atoms with van der Waals surface area (Å²) in [5, 5.41) is 11.7. The van der Waals surface area contributed by atoms with Crippen LogP contribution in [0.15, 0.2) is 53.9 Å². The van der Waals surface area contributed by atoms with Gasteiger partial charge in [0.15, 0.2) is 0 Å². The average Bonchev–Trinajstić information content (AvgIpc) is 3.10. The van der Waals surface area contributed by atoms with E-state index < -0.39 is 5.97 Å². The lowest BCUT2D eigenvalue weighted by Gasteiger charge is -2.06. The van der Waals surface area contributed by atoms with Gasteiger partial charge in [-0.1, -0.05) is 42.0 Å². The highest BCUT2D eigenvalue weighted by atomic mass is 32.1. The Hall–Kier alpha value is -2.66. The molecule has 4 nitrogen and oxygen atoms in total. The maximum Gasteiger partial charge on any atom is 0.303 e. The first-order chi connectivity index (χ1) is 12.6. The minimum atomic E-state index is -0.759. The van der Waals surface area contributed by atoms with E-state index in [-0.39, 0.29) is 6.42 Å². The second kappa shape index (κ2) is 8.63. The number of rotatable bonds is 8. The summed E-state index contributed by atoms with van der Waals surface area (Å²) in [7, 11) is 0. The van der Waals surface area contributed by atoms with E-state index >= 15 is 0 Å². The molecule has 0 unspecified atom stereocenters. The first-order valence-electron chi connectivity index (χ1n) is 8.55. The highest BCUT2D eigenvalue weighted by molar-refractivity contribution is 7.09. The molecule has 0 aliphatic heterocycles. The van der Waals surface area contributed by atoms with Crippen LogP contribution in [0.3, 0.4) is 0 Å². The molecule has 1 aromatic heterocycles. The highest BCUT2D eigenvalue weighted by Crippen LogP contribution is 2.23. The zero-order valence-electron chi connectivity index (χ0n) is 14.6. The van der Waals surface area contributed by atoms with Crippen LogP contribution in [0, 0.1) is 6.92 Å². The zero-order chi connectivity index (χ0) is 18.4. The van der Waals surface area contributed by atoms with Crippen LogP contribution in [0.25, 0.3) is 11.3 Å². The molecule has 0 fully saturated rings. The molecule has 0 radical (unpaired) electrons. The molecular weight excluding hydrogens is 346 g/mol. The van der Waals surface area contributed by atoms with Crippen molar-refractivity contribution >= 4 is 17.3 Å². The summed E-state index contributed by atoms with van der Waals surface area (Å²) < 4.78 is 5.86. The number of carboxylic acids is 1. The number of benzene rings is 2. The van der Waals surface area contributed by atoms with Crippen molar-refractivity contribution in [1.82, 2.24) is 4.98 Å². The summed E-state index contributed by atoms with van der Waals surface area (Å²) in [4.78, 5) is 15.3. The van der Waals surface area contributed by atoms with E-state index in [9.17, 15) is 4.79 Å². The molecule has 0 atom stereocenters. The van der Waals surface area contributed by atoms with E-state index in [1.54, 1.807) is 11.3 Å². The molecule has 0 aliphatic rings. The monoisotopic (exact) mass is 367 g/mol. The molecule has 2 aromatic carbocycles. The largest absolute Gasteiger partial charge is 0.486 e. The molecule has 0 aliphatic carbocycles. The fourth-order valence-corrected chi connectivity index (χ4v) is 3.33. The third kappa shape index (κ3) is 5.17. The number of carbonyl (C=O) groups is 1. The van der Waals surface area contributed by atoms with Crippen molar-refractivity contribution < 1.29 is 14.6 Å². The summed E-state index contributed by atoms with van der Waals surface area (Å²) in [6.07, 6.45) is 1.55. The molecule has 0 saturated carbocycles. The van der Waals surface area contributed by atoms with Crippen molar-refractivity contribution in [2.75, 3.05) is 0 Å². The Morgan fingerprint density at radius 1 is 1.19 bits per heavy atom. The third-order valence-electron chi connectivity index (χ3n) is 4.02. The molecule has 26 heavy (non-hydrogen) atoms. The van der Waals surface area contributed by atoms with Crippen LogP contribution in [0.4, 0.5) is 0 Å². The minimum absolute atomic E-state index is 0.186. The van der Waals surface area contributed by atoms with E-state index in [0.29, 0.717) is 13.0 Å². The van der Waals surface area contributed by atoms with Crippen LogP contribution in [0.1, 0.15) is 29.0 Å². The lowest BCUT2D eigenvalue weighted by Crippen LogP contribution is -1.97. The lowest BCUT2D eigenvalue weighted by molar-refractivity contribution is -0.137. The Balaban J connectivity index is 1.57. The van der Waals surface area contributed by atoms with Gasteiger partial charge in [0.2, 0.25) is 0 Å². The van der Waals surface area contributed by atoms with Crippen molar-refractivity contribution in [3.8, 4) is 17.0 Å². The molecule has 5 heteroatoms. The SMILES string of the molecule is Cc1ccc(-c2csc(COc3cccc(CCCC(=O)O)c3)n2)cc1. The highest BCUT2D eigenvalue weighted by Gasteiger charge is 2.06. The van der Waals surface area contributed by atoms with Crippen LogP contribution >= 0.6 is 11.3 Å². The number of thiazole rings is 1. The number of hydrogen-bond donors (Lipinski definition) is 1. The second-order valence-corrected chi connectivity index (χ2v) is 7.12. The van der Waals surface area contributed by atoms with Gasteiger partial charge in [-0.15, -0.1) is 11.3 Å². The first kappa shape index (κ1) is 18.1. The number of ether oxygens (including phenoxy) is 1. The van der Waals surface area contributed by atoms with Crippen LogP contribution in [-0.4, -0.2) is 16.1 Å². The maximum atomic E-state index is 10.6. The molecule has 134 valence electrons. The molecule has 0 saturated heterocycles. The maximum absolute atomic E-state index is 10.6. The number of aryl methyl sites for hydroxylation is 2. The van der Waals surface area contributed by atoms with Gasteiger partial charge >= 0.3 is 5.97 Å². The van der Waals surface area contributed by atoms with Gasteiger partial charge in [-0.05, 0) is 37.5 Å². The molecule has 0 spiro atoms. The summed E-state index contributed by atoms with van der Waals surface area (Å²) >= 11 is 1.59. The molecular formula is C21H21NO3S. The first-order valence-corrected chi connectivity index (χ1v) is 9.43.